The normalized spacial score (nSPS) is 18.8. The van der Waals surface area contributed by atoms with Crippen LogP contribution in [0.25, 0.3) is 0 Å². The highest BCUT2D eigenvalue weighted by Gasteiger charge is 2.41. The molecule has 7 nitrogen and oxygen atoms in total. The topological polar surface area (TPSA) is 96.9 Å². The van der Waals surface area contributed by atoms with Crippen molar-refractivity contribution < 1.29 is 24.2 Å². The maximum atomic E-state index is 13.9. The number of Topliss-reactive ketones (excluding diaryl/α,β-unsaturated/α-hetero) is 1. The molecule has 3 N–H and O–H groups in total. The smallest absolute Gasteiger partial charge is 0.254 e. The van der Waals surface area contributed by atoms with Gasteiger partial charge in [0.1, 0.15) is 5.75 Å². The second kappa shape index (κ2) is 10.7. The lowest BCUT2D eigenvalue weighted by molar-refractivity contribution is -0.116. The van der Waals surface area contributed by atoms with Gasteiger partial charge < -0.3 is 25.2 Å². The number of carbonyl (C=O) groups is 2. The van der Waals surface area contributed by atoms with Crippen LogP contribution in [0, 0.1) is 6.92 Å². The fourth-order valence-electron chi connectivity index (χ4n) is 5.59. The number of allylic oxidation sites excluding steroid dienone is 3. The molecule has 0 saturated carbocycles. The highest BCUT2D eigenvalue weighted by Crippen LogP contribution is 2.46. The summed E-state index contributed by atoms with van der Waals surface area (Å²) in [6.07, 6.45) is 0.908. The Morgan fingerprint density at radius 2 is 1.62 bits per heavy atom. The second-order valence-corrected chi connectivity index (χ2v) is 9.99. The standard InChI is InChI=1S/C32H32N2O5/c1-18-7-5-6-8-24(18)34-32(37)29-19(2)33-25-15-22(21-11-14-27(38-3)28(17-21)39-4)16-26(36)31(25)30(29)20-9-12-23(35)13-10-20/h5-14,17,22,30,33,35H,15-16H2,1-4H3,(H,34,37)/t22-,30-/m0/s1. The lowest BCUT2D eigenvalue weighted by Crippen LogP contribution is -2.37. The summed E-state index contributed by atoms with van der Waals surface area (Å²) < 4.78 is 10.9. The number of phenols is 1. The predicted molar refractivity (Wildman–Crippen MR) is 150 cm³/mol. The summed E-state index contributed by atoms with van der Waals surface area (Å²) in [5, 5.41) is 16.4. The van der Waals surface area contributed by atoms with E-state index in [1.54, 1.807) is 38.5 Å². The number of para-hydroxylation sites is 1. The van der Waals surface area contributed by atoms with E-state index in [1.807, 2.05) is 56.3 Å². The molecule has 3 aromatic rings. The molecule has 7 heteroatoms. The minimum atomic E-state index is -0.565. The minimum Gasteiger partial charge on any atom is -0.508 e. The molecular formula is C32H32N2O5. The number of dihydropyridines is 1. The van der Waals surface area contributed by atoms with Crippen LogP contribution in [0.1, 0.15) is 48.3 Å². The molecule has 0 aromatic heterocycles. The van der Waals surface area contributed by atoms with Crippen LogP contribution in [0.4, 0.5) is 5.69 Å². The number of aromatic hydroxyl groups is 1. The van der Waals surface area contributed by atoms with Crippen LogP contribution in [0.15, 0.2) is 89.3 Å². The quantitative estimate of drug-likeness (QED) is 0.382. The third-order valence-electron chi connectivity index (χ3n) is 7.57. The molecular weight excluding hydrogens is 492 g/mol. The summed E-state index contributed by atoms with van der Waals surface area (Å²) in [4.78, 5) is 27.6. The Morgan fingerprint density at radius 3 is 2.31 bits per heavy atom. The molecule has 0 spiro atoms. The number of phenolic OH excluding ortho intramolecular Hbond substituents is 1. The molecule has 1 aliphatic carbocycles. The first kappa shape index (κ1) is 26.1. The number of hydrogen-bond donors (Lipinski definition) is 3. The van der Waals surface area contributed by atoms with E-state index in [2.05, 4.69) is 10.6 Å². The maximum absolute atomic E-state index is 13.9. The molecule has 5 rings (SSSR count). The van der Waals surface area contributed by atoms with Crippen molar-refractivity contribution in [3.8, 4) is 17.2 Å². The van der Waals surface area contributed by atoms with Gasteiger partial charge >= 0.3 is 0 Å². The Kier molecular flexibility index (Phi) is 7.15. The number of methoxy groups -OCH3 is 2. The molecule has 2 atom stereocenters. The lowest BCUT2D eigenvalue weighted by atomic mass is 9.71. The molecule has 1 heterocycles. The fraction of sp³-hybridized carbons (Fsp3) is 0.250. The van der Waals surface area contributed by atoms with E-state index in [0.29, 0.717) is 41.2 Å². The number of benzene rings is 3. The Hall–Kier alpha value is -4.52. The summed E-state index contributed by atoms with van der Waals surface area (Å²) in [6, 6.07) is 20.1. The van der Waals surface area contributed by atoms with Gasteiger partial charge in [-0.1, -0.05) is 36.4 Å². The first-order valence-electron chi connectivity index (χ1n) is 12.9. The number of carbonyl (C=O) groups excluding carboxylic acids is 2. The number of ketones is 1. The number of hydrogen-bond acceptors (Lipinski definition) is 6. The third kappa shape index (κ3) is 5.00. The number of anilines is 1. The molecule has 0 saturated heterocycles. The summed E-state index contributed by atoms with van der Waals surface area (Å²) >= 11 is 0. The molecule has 3 aromatic carbocycles. The monoisotopic (exact) mass is 524 g/mol. The van der Waals surface area contributed by atoms with E-state index >= 15 is 0 Å². The van der Waals surface area contributed by atoms with Gasteiger partial charge in [-0.25, -0.2) is 0 Å². The van der Waals surface area contributed by atoms with Gasteiger partial charge in [-0.15, -0.1) is 0 Å². The van der Waals surface area contributed by atoms with Crippen molar-refractivity contribution in [3.63, 3.8) is 0 Å². The maximum Gasteiger partial charge on any atom is 0.254 e. The number of ether oxygens (including phenoxy) is 2. The predicted octanol–water partition coefficient (Wildman–Crippen LogP) is 5.72. The Balaban J connectivity index is 1.55. The summed E-state index contributed by atoms with van der Waals surface area (Å²) in [5.74, 6) is 0.464. The Labute approximate surface area is 228 Å². The number of nitrogens with one attached hydrogen (secondary N) is 2. The summed E-state index contributed by atoms with van der Waals surface area (Å²) in [7, 11) is 3.19. The van der Waals surface area contributed by atoms with Gasteiger partial charge in [-0.05, 0) is 73.2 Å². The van der Waals surface area contributed by atoms with E-state index in [0.717, 1.165) is 28.1 Å². The average Bonchev–Trinajstić information content (AvgIpc) is 2.93. The van der Waals surface area contributed by atoms with Crippen LogP contribution in [-0.4, -0.2) is 31.0 Å². The lowest BCUT2D eigenvalue weighted by Gasteiger charge is -2.37. The van der Waals surface area contributed by atoms with Gasteiger partial charge in [0.05, 0.1) is 14.2 Å². The van der Waals surface area contributed by atoms with Crippen LogP contribution in [-0.2, 0) is 9.59 Å². The molecule has 0 radical (unpaired) electrons. The first-order valence-corrected chi connectivity index (χ1v) is 12.9. The minimum absolute atomic E-state index is 0.0182. The van der Waals surface area contributed by atoms with E-state index in [9.17, 15) is 14.7 Å². The molecule has 0 bridgehead atoms. The van der Waals surface area contributed by atoms with Crippen molar-refractivity contribution in [3.05, 3.63) is 106 Å². The third-order valence-corrected chi connectivity index (χ3v) is 7.57. The molecule has 0 fully saturated rings. The van der Waals surface area contributed by atoms with Gasteiger partial charge in [0.2, 0.25) is 0 Å². The molecule has 1 aliphatic heterocycles. The van der Waals surface area contributed by atoms with E-state index < -0.39 is 5.92 Å². The first-order chi connectivity index (χ1) is 18.8. The van der Waals surface area contributed by atoms with E-state index in [1.165, 1.54) is 0 Å². The van der Waals surface area contributed by atoms with Crippen molar-refractivity contribution in [1.82, 2.24) is 5.32 Å². The van der Waals surface area contributed by atoms with Crippen LogP contribution in [0.2, 0.25) is 0 Å². The van der Waals surface area contributed by atoms with Crippen LogP contribution in [0.5, 0.6) is 17.2 Å². The largest absolute Gasteiger partial charge is 0.508 e. The van der Waals surface area contributed by atoms with E-state index in [-0.39, 0.29) is 23.4 Å². The van der Waals surface area contributed by atoms with Crippen molar-refractivity contribution >= 4 is 17.4 Å². The summed E-state index contributed by atoms with van der Waals surface area (Å²) in [6.45, 7) is 3.81. The zero-order valence-corrected chi connectivity index (χ0v) is 22.5. The van der Waals surface area contributed by atoms with Crippen LogP contribution < -0.4 is 20.1 Å². The van der Waals surface area contributed by atoms with Gasteiger partial charge in [0, 0.05) is 40.6 Å². The molecule has 200 valence electrons. The molecule has 0 unspecified atom stereocenters. The molecule has 39 heavy (non-hydrogen) atoms. The zero-order chi connectivity index (χ0) is 27.7. The van der Waals surface area contributed by atoms with E-state index in [4.69, 9.17) is 9.47 Å². The van der Waals surface area contributed by atoms with Crippen molar-refractivity contribution in [2.45, 2.75) is 38.5 Å². The van der Waals surface area contributed by atoms with Crippen molar-refractivity contribution in [2.75, 3.05) is 19.5 Å². The molecule has 1 amide bonds. The van der Waals surface area contributed by atoms with Crippen LogP contribution >= 0.6 is 0 Å². The van der Waals surface area contributed by atoms with Crippen LogP contribution in [0.3, 0.4) is 0 Å². The second-order valence-electron chi connectivity index (χ2n) is 9.99. The van der Waals surface area contributed by atoms with Gasteiger partial charge in [-0.2, -0.15) is 0 Å². The van der Waals surface area contributed by atoms with Crippen molar-refractivity contribution in [2.24, 2.45) is 0 Å². The highest BCUT2D eigenvalue weighted by molar-refractivity contribution is 6.10. The van der Waals surface area contributed by atoms with Crippen molar-refractivity contribution in [1.29, 1.82) is 0 Å². The number of rotatable bonds is 6. The average molecular weight is 525 g/mol. The summed E-state index contributed by atoms with van der Waals surface area (Å²) in [5.41, 5.74) is 6.01. The Bertz CT molecular complexity index is 1500. The number of amides is 1. The van der Waals surface area contributed by atoms with Gasteiger partial charge in [0.15, 0.2) is 17.3 Å². The van der Waals surface area contributed by atoms with Gasteiger partial charge in [-0.3, -0.25) is 9.59 Å². The fourth-order valence-corrected chi connectivity index (χ4v) is 5.59. The zero-order valence-electron chi connectivity index (χ0n) is 22.5. The van der Waals surface area contributed by atoms with Gasteiger partial charge in [0.25, 0.3) is 5.91 Å². The highest BCUT2D eigenvalue weighted by atomic mass is 16.5. The Morgan fingerprint density at radius 1 is 0.923 bits per heavy atom. The number of aryl methyl sites for hydroxylation is 1. The SMILES string of the molecule is COc1ccc([C@@H]2CC(=O)C3=C(C2)NC(C)=C(C(=O)Nc2ccccc2C)[C@@H]3c2ccc(O)cc2)cc1OC. The molecule has 2 aliphatic rings.